The van der Waals surface area contributed by atoms with Gasteiger partial charge in [0.2, 0.25) is 0 Å². The molecular formula is C16H30Li2O6. The number of hydrogen-bond acceptors (Lipinski definition) is 5. The van der Waals surface area contributed by atoms with Crippen molar-refractivity contribution in [1.29, 1.82) is 0 Å². The van der Waals surface area contributed by atoms with Gasteiger partial charge in [-0.3, -0.25) is 4.79 Å². The molecule has 1 N–H and O–H groups in total. The Kier molecular flexibility index (Phi) is 44.3. The normalized spacial score (nSPS) is 8.12. The minimum absolute atomic E-state index is 0. The van der Waals surface area contributed by atoms with Crippen molar-refractivity contribution in [1.82, 2.24) is 0 Å². The van der Waals surface area contributed by atoms with Gasteiger partial charge in [-0.05, 0) is 32.1 Å². The first kappa shape index (κ1) is 34.8. The van der Waals surface area contributed by atoms with Crippen LogP contribution in [0.2, 0.25) is 0 Å². The predicted molar refractivity (Wildman–Crippen MR) is 80.8 cm³/mol. The minimum atomic E-state index is -0.943. The monoisotopic (exact) mass is 332 g/mol. The summed E-state index contributed by atoms with van der Waals surface area (Å²) < 4.78 is 0. The predicted octanol–water partition coefficient (Wildman–Crippen LogP) is -4.49. The molecule has 0 saturated heterocycles. The molecule has 6 nitrogen and oxygen atoms in total. The van der Waals surface area contributed by atoms with E-state index in [4.69, 9.17) is 5.11 Å². The van der Waals surface area contributed by atoms with Gasteiger partial charge in [0.25, 0.3) is 0 Å². The summed E-state index contributed by atoms with van der Waals surface area (Å²) in [5.41, 5.74) is 0. The van der Waals surface area contributed by atoms with Crippen LogP contribution in [0.25, 0.3) is 0 Å². The molecule has 0 aromatic rings. The Balaban J connectivity index is -0.0000000724. The second-order valence-electron chi connectivity index (χ2n) is 4.80. The van der Waals surface area contributed by atoms with E-state index < -0.39 is 17.9 Å². The number of hydrogen-bond donors (Lipinski definition) is 1. The van der Waals surface area contributed by atoms with Gasteiger partial charge in [0.15, 0.2) is 0 Å². The Bertz CT molecular complexity index is 268. The number of unbranched alkanes of at least 4 members (excludes halogenated alkanes) is 4. The van der Waals surface area contributed by atoms with Crippen molar-refractivity contribution < 1.29 is 67.4 Å². The molecule has 8 heteroatoms. The van der Waals surface area contributed by atoms with E-state index in [9.17, 15) is 24.6 Å². The number of rotatable bonds is 10. The van der Waals surface area contributed by atoms with Gasteiger partial charge in [0.1, 0.15) is 0 Å². The van der Waals surface area contributed by atoms with E-state index in [0.717, 1.165) is 44.9 Å². The molecule has 132 valence electrons. The van der Waals surface area contributed by atoms with Crippen molar-refractivity contribution >= 4 is 17.9 Å². The summed E-state index contributed by atoms with van der Waals surface area (Å²) in [6.07, 6.45) is 7.01. The molecule has 0 radical (unpaired) electrons. The third-order valence-electron chi connectivity index (χ3n) is 2.46. The molecule has 0 aliphatic heterocycles. The van der Waals surface area contributed by atoms with E-state index in [2.05, 4.69) is 6.92 Å². The van der Waals surface area contributed by atoms with Crippen molar-refractivity contribution in [3.8, 4) is 0 Å². The summed E-state index contributed by atoms with van der Waals surface area (Å²) in [6, 6.07) is 0. The van der Waals surface area contributed by atoms with Crippen molar-refractivity contribution in [2.45, 2.75) is 85.0 Å². The van der Waals surface area contributed by atoms with Crippen LogP contribution in [0, 0.1) is 0 Å². The average molecular weight is 332 g/mol. The maximum Gasteiger partial charge on any atom is 1.00 e. The van der Waals surface area contributed by atoms with E-state index in [0.29, 0.717) is 6.42 Å². The molecule has 0 atom stereocenters. The molecule has 24 heavy (non-hydrogen) atoms. The zero-order valence-electron chi connectivity index (χ0n) is 16.1. The molecule has 0 aromatic carbocycles. The Hall–Kier alpha value is -0.395. The van der Waals surface area contributed by atoms with Crippen molar-refractivity contribution in [3.63, 3.8) is 0 Å². The van der Waals surface area contributed by atoms with Crippen molar-refractivity contribution in [2.75, 3.05) is 0 Å². The number of carbonyl (C=O) groups excluding carboxylic acids is 2. The van der Waals surface area contributed by atoms with Crippen LogP contribution in [0.4, 0.5) is 0 Å². The molecule has 0 aliphatic carbocycles. The van der Waals surface area contributed by atoms with Crippen LogP contribution in [0.5, 0.6) is 0 Å². The first-order chi connectivity index (χ1) is 10.3. The van der Waals surface area contributed by atoms with Crippen LogP contribution >= 0.6 is 0 Å². The van der Waals surface area contributed by atoms with Crippen LogP contribution in [0.3, 0.4) is 0 Å². The van der Waals surface area contributed by atoms with Gasteiger partial charge in [-0.2, -0.15) is 0 Å². The van der Waals surface area contributed by atoms with E-state index >= 15 is 0 Å². The maximum absolute atomic E-state index is 9.87. The largest absolute Gasteiger partial charge is 1.00 e. The number of carbonyl (C=O) groups is 3. The molecule has 0 fully saturated rings. The van der Waals surface area contributed by atoms with Gasteiger partial charge in [0.05, 0.1) is 0 Å². The summed E-state index contributed by atoms with van der Waals surface area (Å²) in [7, 11) is 0. The molecule has 0 heterocycles. The zero-order chi connectivity index (χ0) is 17.8. The van der Waals surface area contributed by atoms with E-state index in [1.54, 1.807) is 0 Å². The average Bonchev–Trinajstić information content (AvgIpc) is 2.44. The molecular weight excluding hydrogens is 302 g/mol. The van der Waals surface area contributed by atoms with Gasteiger partial charge in [-0.25, -0.2) is 0 Å². The van der Waals surface area contributed by atoms with Crippen LogP contribution in [0.15, 0.2) is 0 Å². The second kappa shape index (κ2) is 30.5. The van der Waals surface area contributed by atoms with Crippen LogP contribution in [0.1, 0.15) is 85.0 Å². The summed E-state index contributed by atoms with van der Waals surface area (Å²) in [5, 5.41) is 27.4. The number of aliphatic carboxylic acids is 3. The molecule has 0 saturated carbocycles. The van der Waals surface area contributed by atoms with E-state index in [1.807, 2.05) is 13.8 Å². The quantitative estimate of drug-likeness (QED) is 0.318. The van der Waals surface area contributed by atoms with E-state index in [1.165, 1.54) is 0 Å². The van der Waals surface area contributed by atoms with Gasteiger partial charge >= 0.3 is 43.7 Å². The fraction of sp³-hybridized carbons (Fsp3) is 0.812. The summed E-state index contributed by atoms with van der Waals surface area (Å²) in [4.78, 5) is 29.2. The SMILES string of the molecule is CCCCC(=O)[O-].CCCCC(=O)[O-].CCCCCC(=O)O.[Li+].[Li+]. The van der Waals surface area contributed by atoms with Crippen LogP contribution < -0.4 is 47.9 Å². The summed E-state index contributed by atoms with van der Waals surface area (Å²) in [5.74, 6) is -2.57. The number of carboxylic acid groups (broad SMARTS) is 3. The molecule has 0 aliphatic rings. The van der Waals surface area contributed by atoms with Crippen molar-refractivity contribution in [3.05, 3.63) is 0 Å². The first-order valence-electron chi connectivity index (χ1n) is 7.93. The third-order valence-corrected chi connectivity index (χ3v) is 2.46. The standard InChI is InChI=1S/C6H12O2.2C5H10O2.2Li/c1-2-3-4-5-6(7)8;2*1-2-3-4-5(6)7;;/h2-5H2,1H3,(H,7,8);2*2-4H2,1H3,(H,6,7);;/q;;;2*+1/p-2. The summed E-state index contributed by atoms with van der Waals surface area (Å²) >= 11 is 0. The smallest absolute Gasteiger partial charge is 0.550 e. The number of carboxylic acids is 3. The van der Waals surface area contributed by atoms with Crippen LogP contribution in [-0.4, -0.2) is 23.0 Å². The fourth-order valence-corrected chi connectivity index (χ4v) is 1.17. The van der Waals surface area contributed by atoms with Gasteiger partial charge in [-0.1, -0.05) is 46.5 Å². The summed E-state index contributed by atoms with van der Waals surface area (Å²) in [6.45, 7) is 5.95. The maximum atomic E-state index is 9.87. The Labute approximate surface area is 170 Å². The molecule has 0 aromatic heterocycles. The van der Waals surface area contributed by atoms with Gasteiger partial charge < -0.3 is 24.9 Å². The molecule has 0 rings (SSSR count). The Morgan fingerprint density at radius 1 is 0.667 bits per heavy atom. The Morgan fingerprint density at radius 2 is 1.00 bits per heavy atom. The van der Waals surface area contributed by atoms with Crippen LogP contribution in [-0.2, 0) is 14.4 Å². The third kappa shape index (κ3) is 57.7. The molecule has 0 unspecified atom stereocenters. The Morgan fingerprint density at radius 3 is 1.17 bits per heavy atom. The minimum Gasteiger partial charge on any atom is -0.550 e. The fourth-order valence-electron chi connectivity index (χ4n) is 1.17. The van der Waals surface area contributed by atoms with Gasteiger partial charge in [-0.15, -0.1) is 0 Å². The van der Waals surface area contributed by atoms with Gasteiger partial charge in [0, 0.05) is 18.4 Å². The zero-order valence-corrected chi connectivity index (χ0v) is 16.1. The topological polar surface area (TPSA) is 118 Å². The first-order valence-corrected chi connectivity index (χ1v) is 7.93. The molecule has 0 spiro atoms. The second-order valence-corrected chi connectivity index (χ2v) is 4.80. The molecule has 0 amide bonds. The van der Waals surface area contributed by atoms with E-state index in [-0.39, 0.29) is 50.6 Å². The molecule has 0 bridgehead atoms. The van der Waals surface area contributed by atoms with Crippen molar-refractivity contribution in [2.24, 2.45) is 0 Å².